The van der Waals surface area contributed by atoms with Gasteiger partial charge >= 0.3 is 0 Å². The van der Waals surface area contributed by atoms with Gasteiger partial charge in [-0.05, 0) is 0 Å². The molecule has 0 unspecified atom stereocenters. The lowest BCUT2D eigenvalue weighted by molar-refractivity contribution is 0.629. The van der Waals surface area contributed by atoms with E-state index in [1.807, 2.05) is 0 Å². The summed E-state index contributed by atoms with van der Waals surface area (Å²) in [5, 5.41) is 3.84. The maximum Gasteiger partial charge on any atom is 0.150 e. The molecule has 1 aromatic heterocycles. The molecule has 0 aliphatic carbocycles. The predicted octanol–water partition coefficient (Wildman–Crippen LogP) is 1.49. The fourth-order valence-electron chi connectivity index (χ4n) is 0.192. The van der Waals surface area contributed by atoms with Gasteiger partial charge in [0.2, 0.25) is 0 Å². The molecule has 0 aromatic carbocycles. The molecule has 0 bridgehead atoms. The SMILES string of the molecule is Fc1[c]cs[c]1. The molecule has 1 rings (SSSR count). The Labute approximate surface area is 39.2 Å². The highest BCUT2D eigenvalue weighted by molar-refractivity contribution is 7.07. The first-order valence-corrected chi connectivity index (χ1v) is 2.30. The zero-order valence-electron chi connectivity index (χ0n) is 2.86. The quantitative estimate of drug-likeness (QED) is 0.463. The molecule has 0 aliphatic rings. The van der Waals surface area contributed by atoms with E-state index in [1.54, 1.807) is 0 Å². The molecule has 0 N–H and O–H groups in total. The van der Waals surface area contributed by atoms with Crippen LogP contribution in [0.4, 0.5) is 4.39 Å². The normalized spacial score (nSPS) is 8.83. The van der Waals surface area contributed by atoms with Crippen molar-refractivity contribution >= 4 is 11.3 Å². The van der Waals surface area contributed by atoms with E-state index in [1.165, 1.54) is 16.7 Å². The third-order valence-corrected chi connectivity index (χ3v) is 0.926. The van der Waals surface area contributed by atoms with Crippen LogP contribution in [0.3, 0.4) is 0 Å². The molecule has 0 saturated carbocycles. The largest absolute Gasteiger partial charge is 0.205 e. The van der Waals surface area contributed by atoms with Crippen LogP contribution in [-0.4, -0.2) is 0 Å². The summed E-state index contributed by atoms with van der Waals surface area (Å²) in [5.74, 6) is -0.389. The van der Waals surface area contributed by atoms with Crippen LogP contribution < -0.4 is 0 Å². The van der Waals surface area contributed by atoms with Crippen LogP contribution in [-0.2, 0) is 0 Å². The molecule has 1 heterocycles. The van der Waals surface area contributed by atoms with E-state index in [0.717, 1.165) is 0 Å². The second-order valence-electron chi connectivity index (χ2n) is 0.796. The molecule has 0 saturated heterocycles. The topological polar surface area (TPSA) is 0 Å². The Kier molecular flexibility index (Phi) is 0.881. The summed E-state index contributed by atoms with van der Waals surface area (Å²) in [4.78, 5) is 0. The van der Waals surface area contributed by atoms with Crippen molar-refractivity contribution < 1.29 is 4.39 Å². The summed E-state index contributed by atoms with van der Waals surface area (Å²) in [5.41, 5.74) is 0. The number of halogens is 1. The third-order valence-electron chi connectivity index (χ3n) is 0.393. The van der Waals surface area contributed by atoms with Gasteiger partial charge in [0, 0.05) is 11.4 Å². The van der Waals surface area contributed by atoms with Crippen LogP contribution >= 0.6 is 11.3 Å². The van der Waals surface area contributed by atoms with Gasteiger partial charge in [0.1, 0.15) is 0 Å². The lowest BCUT2D eigenvalue weighted by Gasteiger charge is -1.57. The van der Waals surface area contributed by atoms with Crippen molar-refractivity contribution in [2.45, 2.75) is 0 Å². The van der Waals surface area contributed by atoms with Gasteiger partial charge in [-0.2, -0.15) is 0 Å². The second kappa shape index (κ2) is 1.39. The van der Waals surface area contributed by atoms with E-state index in [9.17, 15) is 4.39 Å². The average molecular weight is 100 g/mol. The Morgan fingerprint density at radius 1 is 1.83 bits per heavy atom. The van der Waals surface area contributed by atoms with Gasteiger partial charge in [-0.1, -0.05) is 0 Å². The van der Waals surface area contributed by atoms with Crippen molar-refractivity contribution in [1.82, 2.24) is 0 Å². The van der Waals surface area contributed by atoms with Crippen LogP contribution in [0.2, 0.25) is 0 Å². The first-order chi connectivity index (χ1) is 2.89. The maximum atomic E-state index is 11.6. The molecule has 30 valence electrons. The summed E-state index contributed by atoms with van der Waals surface area (Å²) >= 11 is 1.18. The molecule has 0 nitrogen and oxygen atoms in total. The first-order valence-electron chi connectivity index (χ1n) is 1.42. The number of thiophene rings is 1. The van der Waals surface area contributed by atoms with Crippen molar-refractivity contribution in [2.75, 3.05) is 0 Å². The predicted molar refractivity (Wildman–Crippen MR) is 21.9 cm³/mol. The van der Waals surface area contributed by atoms with E-state index in [4.69, 9.17) is 0 Å². The van der Waals surface area contributed by atoms with E-state index in [-0.39, 0.29) is 5.82 Å². The highest BCUT2D eigenvalue weighted by atomic mass is 32.1. The van der Waals surface area contributed by atoms with Crippen molar-refractivity contribution in [2.24, 2.45) is 0 Å². The lowest BCUT2D eigenvalue weighted by Crippen LogP contribution is -1.51. The van der Waals surface area contributed by atoms with Crippen LogP contribution in [0.25, 0.3) is 0 Å². The summed E-state index contributed by atoms with van der Waals surface area (Å²) < 4.78 is 11.6. The Morgan fingerprint density at radius 2 is 2.67 bits per heavy atom. The van der Waals surface area contributed by atoms with Crippen LogP contribution in [0.15, 0.2) is 5.38 Å². The molecule has 0 atom stereocenters. The average Bonchev–Trinajstić information content (AvgIpc) is 1.86. The van der Waals surface area contributed by atoms with Crippen molar-refractivity contribution in [3.63, 3.8) is 0 Å². The smallest absolute Gasteiger partial charge is 0.150 e. The molecule has 1 aromatic rings. The zero-order chi connectivity index (χ0) is 4.41. The summed E-state index contributed by atoms with van der Waals surface area (Å²) in [6.07, 6.45) is 0. The number of rotatable bonds is 0. The minimum atomic E-state index is -0.389. The second-order valence-corrected chi connectivity index (χ2v) is 1.47. The Hall–Kier alpha value is -0.370. The van der Waals surface area contributed by atoms with Gasteiger partial charge in [-0.25, -0.2) is 4.39 Å². The highest BCUT2D eigenvalue weighted by Gasteiger charge is 1.82. The Morgan fingerprint density at radius 3 is 2.83 bits per heavy atom. The monoisotopic (exact) mass is 100.0 g/mol. The first kappa shape index (κ1) is 3.81. The van der Waals surface area contributed by atoms with Gasteiger partial charge in [0.05, 0.1) is 5.38 Å². The molecule has 0 spiro atoms. The van der Waals surface area contributed by atoms with E-state index in [2.05, 4.69) is 11.4 Å². The van der Waals surface area contributed by atoms with E-state index >= 15 is 0 Å². The van der Waals surface area contributed by atoms with E-state index in [0.29, 0.717) is 0 Å². The Balaban J connectivity index is 3.05. The molecular formula is C4HFS. The van der Waals surface area contributed by atoms with Crippen molar-refractivity contribution in [3.8, 4) is 0 Å². The standard InChI is InChI=1S/C4HFS/c5-4-1-2-6-3-4/h2H. The summed E-state index contributed by atoms with van der Waals surface area (Å²) in [7, 11) is 0. The van der Waals surface area contributed by atoms with Gasteiger partial charge in [-0.15, -0.1) is 11.3 Å². The fourth-order valence-corrected chi connectivity index (χ4v) is 0.576. The lowest BCUT2D eigenvalue weighted by atomic mass is 10.6. The van der Waals surface area contributed by atoms with Crippen molar-refractivity contribution in [1.29, 1.82) is 0 Å². The molecular weight excluding hydrogens is 99.1 g/mol. The molecule has 2 radical (unpaired) electrons. The summed E-state index contributed by atoms with van der Waals surface area (Å²) in [6, 6.07) is 2.30. The fraction of sp³-hybridized carbons (Fsp3) is 0. The van der Waals surface area contributed by atoms with Gasteiger partial charge in [-0.3, -0.25) is 0 Å². The molecule has 0 fully saturated rings. The van der Waals surface area contributed by atoms with Crippen LogP contribution in [0, 0.1) is 17.3 Å². The molecule has 6 heavy (non-hydrogen) atoms. The van der Waals surface area contributed by atoms with Crippen LogP contribution in [0.1, 0.15) is 0 Å². The zero-order valence-corrected chi connectivity index (χ0v) is 3.68. The maximum absolute atomic E-state index is 11.6. The third kappa shape index (κ3) is 0.571. The summed E-state index contributed by atoms with van der Waals surface area (Å²) in [6.45, 7) is 0. The number of hydrogen-bond donors (Lipinski definition) is 0. The molecule has 0 aliphatic heterocycles. The van der Waals surface area contributed by atoms with Gasteiger partial charge < -0.3 is 0 Å². The van der Waals surface area contributed by atoms with Crippen LogP contribution in [0.5, 0.6) is 0 Å². The molecule has 2 heteroatoms. The minimum absolute atomic E-state index is 0.389. The van der Waals surface area contributed by atoms with Crippen molar-refractivity contribution in [3.05, 3.63) is 22.6 Å². The molecule has 0 amide bonds. The highest BCUT2D eigenvalue weighted by Crippen LogP contribution is 1.98. The van der Waals surface area contributed by atoms with Gasteiger partial charge in [0.15, 0.2) is 5.82 Å². The number of hydrogen-bond acceptors (Lipinski definition) is 1. The van der Waals surface area contributed by atoms with E-state index < -0.39 is 0 Å². The van der Waals surface area contributed by atoms with Gasteiger partial charge in [0.25, 0.3) is 0 Å². The Bertz CT molecular complexity index is 111. The minimum Gasteiger partial charge on any atom is -0.205 e.